The Morgan fingerprint density at radius 2 is 1.97 bits per heavy atom. The van der Waals surface area contributed by atoms with Gasteiger partial charge in [0.15, 0.2) is 0 Å². The minimum Gasteiger partial charge on any atom is -0.409 e. The fourth-order valence-corrected chi connectivity index (χ4v) is 3.97. The first kappa shape index (κ1) is 24.2. The molecule has 0 aliphatic carbocycles. The average Bonchev–Trinajstić information content (AvgIpc) is 2.73. The van der Waals surface area contributed by atoms with Gasteiger partial charge in [-0.1, -0.05) is 6.07 Å². The van der Waals surface area contributed by atoms with Gasteiger partial charge in [0.25, 0.3) is 0 Å². The first-order chi connectivity index (χ1) is 13.9. The van der Waals surface area contributed by atoms with E-state index in [-0.39, 0.29) is 30.9 Å². The Morgan fingerprint density at radius 1 is 1.30 bits per heavy atom. The second-order valence-corrected chi connectivity index (χ2v) is 8.45. The molecule has 7 nitrogen and oxygen atoms in total. The van der Waals surface area contributed by atoms with E-state index in [0.29, 0.717) is 30.4 Å². The number of halogens is 1. The van der Waals surface area contributed by atoms with Crippen molar-refractivity contribution in [3.05, 3.63) is 48.8 Å². The molecule has 2 heterocycles. The van der Waals surface area contributed by atoms with Crippen LogP contribution in [0, 0.1) is 11.7 Å². The van der Waals surface area contributed by atoms with E-state index in [0.717, 1.165) is 12.8 Å². The van der Waals surface area contributed by atoms with Crippen LogP contribution in [0.3, 0.4) is 0 Å². The number of carbonyl (C=O) groups excluding carboxylic acids is 1. The molecule has 1 N–H and O–H groups in total. The highest BCUT2D eigenvalue weighted by molar-refractivity contribution is 7.92. The van der Waals surface area contributed by atoms with Gasteiger partial charge in [-0.3, -0.25) is 0 Å². The van der Waals surface area contributed by atoms with Crippen LogP contribution in [0.2, 0.25) is 0 Å². The molecule has 164 valence electrons. The number of amides is 2. The molecule has 0 saturated carbocycles. The van der Waals surface area contributed by atoms with E-state index in [1.807, 2.05) is 11.9 Å². The lowest BCUT2D eigenvalue weighted by Gasteiger charge is -2.44. The quantitative estimate of drug-likeness (QED) is 0.519. The molecule has 0 atom stereocenters. The minimum absolute atomic E-state index is 0. The van der Waals surface area contributed by atoms with Crippen molar-refractivity contribution >= 4 is 37.4 Å². The molecule has 1 saturated heterocycles. The minimum atomic E-state index is -0.322. The SMILES string of the molecule is CN(SOc1cccc(F)c1)C(C)(C)C1CCN(C(=O)Nc2cncnc2)CC1.S. The Morgan fingerprint density at radius 3 is 2.60 bits per heavy atom. The monoisotopic (exact) mass is 453 g/mol. The lowest BCUT2D eigenvalue weighted by molar-refractivity contribution is 0.106. The Hall–Kier alpha value is -2.04. The third-order valence-corrected chi connectivity index (χ3v) is 6.41. The molecule has 1 fully saturated rings. The van der Waals surface area contributed by atoms with Gasteiger partial charge in [0.1, 0.15) is 30.1 Å². The zero-order chi connectivity index (χ0) is 20.9. The zero-order valence-corrected chi connectivity index (χ0v) is 19.2. The number of piperidine rings is 1. The number of urea groups is 1. The van der Waals surface area contributed by atoms with E-state index in [9.17, 15) is 9.18 Å². The van der Waals surface area contributed by atoms with Crippen molar-refractivity contribution in [2.75, 3.05) is 25.5 Å². The van der Waals surface area contributed by atoms with Gasteiger partial charge in [0.2, 0.25) is 0 Å². The number of hydrogen-bond acceptors (Lipinski definition) is 6. The summed E-state index contributed by atoms with van der Waals surface area (Å²) < 4.78 is 21.0. The Kier molecular flexibility index (Phi) is 8.75. The topological polar surface area (TPSA) is 70.6 Å². The third kappa shape index (κ3) is 6.23. The number of likely N-dealkylation sites (tertiary alicyclic amines) is 1. The largest absolute Gasteiger partial charge is 0.409 e. The summed E-state index contributed by atoms with van der Waals surface area (Å²) in [6, 6.07) is 5.97. The van der Waals surface area contributed by atoms with Crippen molar-refractivity contribution in [1.82, 2.24) is 19.2 Å². The van der Waals surface area contributed by atoms with Crippen LogP contribution in [0.15, 0.2) is 43.0 Å². The summed E-state index contributed by atoms with van der Waals surface area (Å²) >= 11 is 1.21. The molecule has 0 unspecified atom stereocenters. The van der Waals surface area contributed by atoms with Crippen LogP contribution < -0.4 is 9.50 Å². The molecule has 1 aromatic heterocycles. The molecule has 2 amide bonds. The average molecular weight is 454 g/mol. The molecule has 1 aliphatic heterocycles. The number of anilines is 1. The van der Waals surface area contributed by atoms with Crippen LogP contribution in [0.25, 0.3) is 0 Å². The Bertz CT molecular complexity index is 820. The lowest BCUT2D eigenvalue weighted by Crippen LogP contribution is -2.50. The van der Waals surface area contributed by atoms with Crippen molar-refractivity contribution in [1.29, 1.82) is 0 Å². The molecule has 3 rings (SSSR count). The number of nitrogens with one attached hydrogen (secondary N) is 1. The fourth-order valence-electron chi connectivity index (χ4n) is 3.33. The number of benzene rings is 1. The van der Waals surface area contributed by atoms with Gasteiger partial charge in [0.05, 0.1) is 18.1 Å². The molecule has 1 aliphatic rings. The third-order valence-electron chi connectivity index (χ3n) is 5.45. The number of nitrogens with zero attached hydrogens (tertiary/aromatic N) is 4. The van der Waals surface area contributed by atoms with E-state index in [1.54, 1.807) is 24.5 Å². The molecule has 0 bridgehead atoms. The van der Waals surface area contributed by atoms with Gasteiger partial charge in [-0.15, -0.1) is 0 Å². The summed E-state index contributed by atoms with van der Waals surface area (Å²) in [6.07, 6.45) is 6.35. The van der Waals surface area contributed by atoms with Crippen LogP contribution >= 0.6 is 25.7 Å². The van der Waals surface area contributed by atoms with Crippen molar-refractivity contribution < 1.29 is 13.4 Å². The zero-order valence-electron chi connectivity index (χ0n) is 17.3. The van der Waals surface area contributed by atoms with E-state index in [2.05, 4.69) is 33.4 Å². The van der Waals surface area contributed by atoms with Crippen LogP contribution in [0.1, 0.15) is 26.7 Å². The van der Waals surface area contributed by atoms with Gasteiger partial charge in [-0.05, 0) is 44.7 Å². The molecular weight excluding hydrogens is 425 g/mol. The summed E-state index contributed by atoms with van der Waals surface area (Å²) in [5.41, 5.74) is 0.430. The molecule has 0 spiro atoms. The fraction of sp³-hybridized carbons (Fsp3) is 0.450. The normalized spacial score (nSPS) is 14.9. The lowest BCUT2D eigenvalue weighted by atomic mass is 9.80. The summed E-state index contributed by atoms with van der Waals surface area (Å²) in [7, 11) is 1.97. The highest BCUT2D eigenvalue weighted by atomic mass is 32.2. The maximum absolute atomic E-state index is 13.3. The summed E-state index contributed by atoms with van der Waals surface area (Å²) in [4.78, 5) is 22.1. The van der Waals surface area contributed by atoms with Crippen molar-refractivity contribution in [2.24, 2.45) is 5.92 Å². The highest BCUT2D eigenvalue weighted by Crippen LogP contribution is 2.36. The highest BCUT2D eigenvalue weighted by Gasteiger charge is 2.37. The van der Waals surface area contributed by atoms with Gasteiger partial charge >= 0.3 is 6.03 Å². The van der Waals surface area contributed by atoms with E-state index in [4.69, 9.17) is 4.18 Å². The molecule has 0 radical (unpaired) electrons. The first-order valence-electron chi connectivity index (χ1n) is 9.51. The molecule has 2 aromatic rings. The molecular formula is C20H28FN5O2S2. The van der Waals surface area contributed by atoms with Crippen LogP contribution in [0.5, 0.6) is 5.75 Å². The summed E-state index contributed by atoms with van der Waals surface area (Å²) in [6.45, 7) is 5.68. The molecule has 30 heavy (non-hydrogen) atoms. The van der Waals surface area contributed by atoms with Gasteiger partial charge < -0.3 is 14.4 Å². The number of rotatable bonds is 6. The van der Waals surface area contributed by atoms with Crippen molar-refractivity contribution in [3.8, 4) is 5.75 Å². The van der Waals surface area contributed by atoms with Crippen molar-refractivity contribution in [2.45, 2.75) is 32.2 Å². The molecule has 1 aromatic carbocycles. The molecule has 10 heteroatoms. The predicted octanol–water partition coefficient (Wildman–Crippen LogP) is 4.33. The number of hydrogen-bond donors (Lipinski definition) is 1. The van der Waals surface area contributed by atoms with Crippen molar-refractivity contribution in [3.63, 3.8) is 0 Å². The number of aromatic nitrogens is 2. The van der Waals surface area contributed by atoms with Crippen LogP contribution in [0.4, 0.5) is 14.9 Å². The summed E-state index contributed by atoms with van der Waals surface area (Å²) in [5.74, 6) is 0.548. The second-order valence-electron chi connectivity index (χ2n) is 7.59. The van der Waals surface area contributed by atoms with Gasteiger partial charge in [-0.2, -0.15) is 13.5 Å². The van der Waals surface area contributed by atoms with E-state index < -0.39 is 0 Å². The van der Waals surface area contributed by atoms with Crippen LogP contribution in [-0.4, -0.2) is 50.9 Å². The number of carbonyl (C=O) groups is 1. The predicted molar refractivity (Wildman–Crippen MR) is 122 cm³/mol. The Labute approximate surface area is 188 Å². The second kappa shape index (κ2) is 10.8. The van der Waals surface area contributed by atoms with E-state index in [1.165, 1.54) is 30.7 Å². The maximum atomic E-state index is 13.3. The summed E-state index contributed by atoms with van der Waals surface area (Å²) in [5, 5.41) is 2.83. The van der Waals surface area contributed by atoms with E-state index >= 15 is 0 Å². The standard InChI is InChI=1S/C20H26FN5O2S.H2S/c1-20(2,25(3)29-28-18-6-4-5-16(21)11-18)15-7-9-26(10-8-15)19(27)24-17-12-22-14-23-13-17;/h4-6,11-15H,7-10H2,1-3H3,(H,24,27);1H2. The first-order valence-corrected chi connectivity index (χ1v) is 10.2. The van der Waals surface area contributed by atoms with Gasteiger partial charge in [-0.25, -0.2) is 23.5 Å². The maximum Gasteiger partial charge on any atom is 0.321 e. The van der Waals surface area contributed by atoms with Gasteiger partial charge in [0, 0.05) is 31.7 Å². The smallest absolute Gasteiger partial charge is 0.321 e. The Balaban J connectivity index is 0.00000320. The van der Waals surface area contributed by atoms with Crippen LogP contribution in [-0.2, 0) is 0 Å².